The van der Waals surface area contributed by atoms with E-state index in [0.29, 0.717) is 6.42 Å². The summed E-state index contributed by atoms with van der Waals surface area (Å²) in [4.78, 5) is 0. The molecule has 16 heavy (non-hydrogen) atoms. The fourth-order valence-electron chi connectivity index (χ4n) is 1.52. The van der Waals surface area contributed by atoms with E-state index in [0.717, 1.165) is 22.0 Å². The third kappa shape index (κ3) is 1.93. The van der Waals surface area contributed by atoms with Crippen molar-refractivity contribution in [2.45, 2.75) is 13.3 Å². The molecule has 3 nitrogen and oxygen atoms in total. The molecule has 0 aliphatic heterocycles. The Morgan fingerprint density at radius 1 is 1.44 bits per heavy atom. The van der Waals surface area contributed by atoms with Crippen LogP contribution in [0.5, 0.6) is 0 Å². The minimum Gasteiger partial charge on any atom is -0.240 e. The van der Waals surface area contributed by atoms with Crippen LogP contribution in [0.2, 0.25) is 5.02 Å². The van der Waals surface area contributed by atoms with Crippen LogP contribution in [0.15, 0.2) is 30.5 Å². The molecule has 1 aromatic carbocycles. The van der Waals surface area contributed by atoms with Gasteiger partial charge in [-0.05, 0) is 30.7 Å². The van der Waals surface area contributed by atoms with E-state index in [-0.39, 0.29) is 0 Å². The maximum Gasteiger partial charge on any atom is 0.0793 e. The summed E-state index contributed by atoms with van der Waals surface area (Å²) in [5.41, 5.74) is 2.69. The number of rotatable bonds is 2. The fraction of sp³-hybridized carbons (Fsp3) is 0.167. The van der Waals surface area contributed by atoms with Crippen LogP contribution in [0.25, 0.3) is 5.69 Å². The normalized spacial score (nSPS) is 10.1. The van der Waals surface area contributed by atoms with Crippen molar-refractivity contribution in [3.8, 4) is 11.8 Å². The molecule has 1 aromatic heterocycles. The third-order valence-electron chi connectivity index (χ3n) is 2.39. The van der Waals surface area contributed by atoms with Crippen LogP contribution in [0.4, 0.5) is 0 Å². The summed E-state index contributed by atoms with van der Waals surface area (Å²) in [6, 6.07) is 9.59. The summed E-state index contributed by atoms with van der Waals surface area (Å²) in [5, 5.41) is 13.6. The van der Waals surface area contributed by atoms with E-state index in [2.05, 4.69) is 11.2 Å². The highest BCUT2D eigenvalue weighted by Crippen LogP contribution is 2.21. The highest BCUT2D eigenvalue weighted by Gasteiger charge is 2.05. The molecule has 2 rings (SSSR count). The van der Waals surface area contributed by atoms with Crippen molar-refractivity contribution < 1.29 is 0 Å². The molecule has 0 bridgehead atoms. The van der Waals surface area contributed by atoms with Gasteiger partial charge in [0.15, 0.2) is 0 Å². The van der Waals surface area contributed by atoms with Gasteiger partial charge in [0.25, 0.3) is 0 Å². The van der Waals surface area contributed by atoms with Gasteiger partial charge in [-0.25, -0.2) is 4.68 Å². The Hall–Kier alpha value is -1.79. The van der Waals surface area contributed by atoms with Gasteiger partial charge >= 0.3 is 0 Å². The minimum atomic E-state index is 0.326. The number of hydrogen-bond acceptors (Lipinski definition) is 2. The average Bonchev–Trinajstić information content (AvgIpc) is 2.71. The zero-order valence-corrected chi connectivity index (χ0v) is 9.57. The maximum absolute atomic E-state index is 8.58. The second-order valence-corrected chi connectivity index (χ2v) is 3.88. The molecule has 0 atom stereocenters. The van der Waals surface area contributed by atoms with Crippen LogP contribution in [0.3, 0.4) is 0 Å². The number of nitrogens with zero attached hydrogens (tertiary/aromatic N) is 3. The molecule has 0 aliphatic rings. The molecule has 2 aromatic rings. The molecule has 0 saturated heterocycles. The maximum atomic E-state index is 8.58. The summed E-state index contributed by atoms with van der Waals surface area (Å²) in [6.45, 7) is 1.95. The molecule has 0 fully saturated rings. The number of nitriles is 1. The molecule has 1 heterocycles. The predicted octanol–water partition coefficient (Wildman–Crippen LogP) is 2.90. The van der Waals surface area contributed by atoms with Crippen LogP contribution >= 0.6 is 11.6 Å². The summed E-state index contributed by atoms with van der Waals surface area (Å²) in [7, 11) is 0. The van der Waals surface area contributed by atoms with E-state index in [1.807, 2.05) is 37.4 Å². The number of halogens is 1. The summed E-state index contributed by atoms with van der Waals surface area (Å²) < 4.78 is 1.74. The first-order valence-corrected chi connectivity index (χ1v) is 5.27. The molecule has 0 spiro atoms. The molecule has 0 amide bonds. The Morgan fingerprint density at radius 2 is 2.25 bits per heavy atom. The quantitative estimate of drug-likeness (QED) is 0.798. The predicted molar refractivity (Wildman–Crippen MR) is 62.6 cm³/mol. The van der Waals surface area contributed by atoms with Gasteiger partial charge in [0.1, 0.15) is 0 Å². The van der Waals surface area contributed by atoms with Crippen molar-refractivity contribution in [3.63, 3.8) is 0 Å². The van der Waals surface area contributed by atoms with Crippen LogP contribution in [0, 0.1) is 18.3 Å². The summed E-state index contributed by atoms with van der Waals surface area (Å²) >= 11 is 6.04. The largest absolute Gasteiger partial charge is 0.240 e. The van der Waals surface area contributed by atoms with Crippen LogP contribution < -0.4 is 0 Å². The molecule has 80 valence electrons. The fourth-order valence-corrected chi connectivity index (χ4v) is 1.68. The van der Waals surface area contributed by atoms with E-state index >= 15 is 0 Å². The lowest BCUT2D eigenvalue weighted by molar-refractivity contribution is 0.847. The first-order chi connectivity index (χ1) is 7.72. The van der Waals surface area contributed by atoms with Crippen molar-refractivity contribution in [2.24, 2.45) is 0 Å². The van der Waals surface area contributed by atoms with Gasteiger partial charge in [-0.2, -0.15) is 10.4 Å². The second kappa shape index (κ2) is 4.38. The first-order valence-electron chi connectivity index (χ1n) is 4.89. The van der Waals surface area contributed by atoms with Crippen molar-refractivity contribution in [1.82, 2.24) is 9.78 Å². The molecule has 0 N–H and O–H groups in total. The Kier molecular flexibility index (Phi) is 2.93. The molecular weight excluding hydrogens is 222 g/mol. The molecule has 0 saturated carbocycles. The molecule has 4 heteroatoms. The van der Waals surface area contributed by atoms with Gasteiger partial charge in [-0.1, -0.05) is 17.7 Å². The van der Waals surface area contributed by atoms with E-state index in [1.54, 1.807) is 4.68 Å². The van der Waals surface area contributed by atoms with Crippen molar-refractivity contribution in [3.05, 3.63) is 46.7 Å². The van der Waals surface area contributed by atoms with E-state index in [4.69, 9.17) is 16.9 Å². The van der Waals surface area contributed by atoms with Gasteiger partial charge in [-0.3, -0.25) is 0 Å². The number of hydrogen-bond donors (Lipinski definition) is 0. The monoisotopic (exact) mass is 231 g/mol. The van der Waals surface area contributed by atoms with E-state index < -0.39 is 0 Å². The minimum absolute atomic E-state index is 0.326. The SMILES string of the molecule is Cc1c(Cl)cccc1-n1ccc(CC#N)n1. The lowest BCUT2D eigenvalue weighted by atomic mass is 10.2. The molecule has 0 radical (unpaired) electrons. The van der Waals surface area contributed by atoms with E-state index in [9.17, 15) is 0 Å². The number of aromatic nitrogens is 2. The Labute approximate surface area is 98.9 Å². The summed E-state index contributed by atoms with van der Waals surface area (Å²) in [6.07, 6.45) is 2.16. The third-order valence-corrected chi connectivity index (χ3v) is 2.80. The average molecular weight is 232 g/mol. The molecule has 0 unspecified atom stereocenters. The highest BCUT2D eigenvalue weighted by atomic mass is 35.5. The lowest BCUT2D eigenvalue weighted by Crippen LogP contribution is -1.98. The van der Waals surface area contributed by atoms with Gasteiger partial charge in [0.2, 0.25) is 0 Å². The van der Waals surface area contributed by atoms with Crippen LogP contribution in [-0.2, 0) is 6.42 Å². The van der Waals surface area contributed by atoms with Crippen LogP contribution in [0.1, 0.15) is 11.3 Å². The zero-order chi connectivity index (χ0) is 11.5. The zero-order valence-electron chi connectivity index (χ0n) is 8.81. The second-order valence-electron chi connectivity index (χ2n) is 3.47. The lowest BCUT2D eigenvalue weighted by Gasteiger charge is -2.06. The number of benzene rings is 1. The van der Waals surface area contributed by atoms with Crippen molar-refractivity contribution in [1.29, 1.82) is 5.26 Å². The Balaban J connectivity index is 2.43. The summed E-state index contributed by atoms with van der Waals surface area (Å²) in [5.74, 6) is 0. The smallest absolute Gasteiger partial charge is 0.0793 e. The van der Waals surface area contributed by atoms with Gasteiger partial charge in [0, 0.05) is 11.2 Å². The Bertz CT molecular complexity index is 552. The first kappa shape index (κ1) is 10.7. The molecular formula is C12H10ClN3. The topological polar surface area (TPSA) is 41.6 Å². The Morgan fingerprint density at radius 3 is 3.00 bits per heavy atom. The van der Waals surface area contributed by atoms with Crippen molar-refractivity contribution in [2.75, 3.05) is 0 Å². The van der Waals surface area contributed by atoms with Crippen molar-refractivity contribution >= 4 is 11.6 Å². The van der Waals surface area contributed by atoms with Gasteiger partial charge in [-0.15, -0.1) is 0 Å². The van der Waals surface area contributed by atoms with E-state index in [1.165, 1.54) is 0 Å². The highest BCUT2D eigenvalue weighted by molar-refractivity contribution is 6.31. The van der Waals surface area contributed by atoms with Gasteiger partial charge in [0.05, 0.1) is 23.9 Å². The standard InChI is InChI=1S/C12H10ClN3/c1-9-11(13)3-2-4-12(9)16-8-6-10(15-16)5-7-14/h2-4,6,8H,5H2,1H3. The molecule has 0 aliphatic carbocycles. The van der Waals surface area contributed by atoms with Gasteiger partial charge < -0.3 is 0 Å². The van der Waals surface area contributed by atoms with Crippen LogP contribution in [-0.4, -0.2) is 9.78 Å².